The molecule has 0 unspecified atom stereocenters. The van der Waals surface area contributed by atoms with Crippen molar-refractivity contribution in [1.82, 2.24) is 0 Å². The topological polar surface area (TPSA) is 78.3 Å². The van der Waals surface area contributed by atoms with Crippen LogP contribution in [0.15, 0.2) is 30.3 Å². The van der Waals surface area contributed by atoms with Crippen LogP contribution in [0.5, 0.6) is 0 Å². The van der Waals surface area contributed by atoms with E-state index < -0.39 is 12.2 Å². The average Bonchev–Trinajstić information content (AvgIpc) is 2.19. The Morgan fingerprint density at radius 1 is 1.36 bits per heavy atom. The summed E-state index contributed by atoms with van der Waals surface area (Å²) in [5.74, 6) is -0.478. The van der Waals surface area contributed by atoms with Gasteiger partial charge in [0.1, 0.15) is 0 Å². The number of ether oxygens (including phenoxy) is 1. The Hall–Kier alpha value is -1.39. The second kappa shape index (κ2) is 5.36. The molecule has 1 rings (SSSR count). The van der Waals surface area contributed by atoms with E-state index in [2.05, 4.69) is 0 Å². The van der Waals surface area contributed by atoms with Crippen LogP contribution in [-0.4, -0.2) is 18.7 Å². The van der Waals surface area contributed by atoms with Crippen molar-refractivity contribution in [3.63, 3.8) is 0 Å². The molecule has 0 heterocycles. The molecule has 0 amide bonds. The van der Waals surface area contributed by atoms with Crippen LogP contribution < -0.4 is 11.5 Å². The Balaban J connectivity index is 2.41. The summed E-state index contributed by atoms with van der Waals surface area (Å²) in [7, 11) is 0. The van der Waals surface area contributed by atoms with Crippen molar-refractivity contribution in [1.29, 1.82) is 0 Å². The molecule has 0 aliphatic heterocycles. The third-order valence-corrected chi connectivity index (χ3v) is 1.73. The first-order chi connectivity index (χ1) is 6.72. The molecule has 0 saturated carbocycles. The summed E-state index contributed by atoms with van der Waals surface area (Å²) < 4.78 is 4.82. The standard InChI is InChI=1S/C10H14N2O2/c11-7-10(13)14-9(12)6-8-4-2-1-3-5-8/h1-5,9H,6-7,11-12H2/t9-/m0/s1. The summed E-state index contributed by atoms with van der Waals surface area (Å²) in [6, 6.07) is 9.59. The van der Waals surface area contributed by atoms with Crippen LogP contribution in [0.2, 0.25) is 0 Å². The van der Waals surface area contributed by atoms with E-state index in [0.29, 0.717) is 6.42 Å². The van der Waals surface area contributed by atoms with Gasteiger partial charge in [0.15, 0.2) is 6.23 Å². The van der Waals surface area contributed by atoms with Crippen LogP contribution in [0.25, 0.3) is 0 Å². The first-order valence-corrected chi connectivity index (χ1v) is 4.41. The Morgan fingerprint density at radius 2 is 2.00 bits per heavy atom. The summed E-state index contributed by atoms with van der Waals surface area (Å²) in [6.45, 7) is -0.136. The molecule has 1 aromatic carbocycles. The number of rotatable bonds is 4. The molecule has 76 valence electrons. The van der Waals surface area contributed by atoms with Gasteiger partial charge >= 0.3 is 5.97 Å². The van der Waals surface area contributed by atoms with E-state index >= 15 is 0 Å². The zero-order chi connectivity index (χ0) is 10.4. The second-order valence-electron chi connectivity index (χ2n) is 2.92. The molecule has 4 N–H and O–H groups in total. The van der Waals surface area contributed by atoms with Crippen LogP contribution in [-0.2, 0) is 16.0 Å². The van der Waals surface area contributed by atoms with Crippen molar-refractivity contribution in [2.45, 2.75) is 12.6 Å². The smallest absolute Gasteiger partial charge is 0.321 e. The lowest BCUT2D eigenvalue weighted by Gasteiger charge is -2.12. The van der Waals surface area contributed by atoms with Crippen molar-refractivity contribution in [2.24, 2.45) is 11.5 Å². The van der Waals surface area contributed by atoms with Gasteiger partial charge in [-0.3, -0.25) is 10.5 Å². The molecular formula is C10H14N2O2. The van der Waals surface area contributed by atoms with E-state index in [-0.39, 0.29) is 6.54 Å². The lowest BCUT2D eigenvalue weighted by molar-refractivity contribution is -0.146. The molecule has 0 aliphatic rings. The third-order valence-electron chi connectivity index (χ3n) is 1.73. The summed E-state index contributed by atoms with van der Waals surface area (Å²) in [4.78, 5) is 10.8. The van der Waals surface area contributed by atoms with Gasteiger partial charge in [0.2, 0.25) is 0 Å². The van der Waals surface area contributed by atoms with Gasteiger partial charge in [-0.2, -0.15) is 0 Å². The maximum atomic E-state index is 10.8. The highest BCUT2D eigenvalue weighted by molar-refractivity contribution is 5.71. The third kappa shape index (κ3) is 3.55. The molecule has 0 fully saturated rings. The predicted molar refractivity (Wildman–Crippen MR) is 53.3 cm³/mol. The van der Waals surface area contributed by atoms with Crippen molar-refractivity contribution in [2.75, 3.05) is 6.54 Å². The molecule has 0 aliphatic carbocycles. The number of benzene rings is 1. The molecular weight excluding hydrogens is 180 g/mol. The van der Waals surface area contributed by atoms with E-state index in [0.717, 1.165) is 5.56 Å². The highest BCUT2D eigenvalue weighted by Gasteiger charge is 2.08. The predicted octanol–water partition coefficient (Wildman–Crippen LogP) is 0.0158. The average molecular weight is 194 g/mol. The fraction of sp³-hybridized carbons (Fsp3) is 0.300. The van der Waals surface area contributed by atoms with Crippen molar-refractivity contribution in [3.8, 4) is 0 Å². The summed E-state index contributed by atoms with van der Waals surface area (Å²) in [5, 5.41) is 0. The number of carbonyl (C=O) groups excluding carboxylic acids is 1. The quantitative estimate of drug-likeness (QED) is 0.523. The minimum atomic E-state index is -0.617. The van der Waals surface area contributed by atoms with E-state index in [4.69, 9.17) is 16.2 Å². The molecule has 0 bridgehead atoms. The lowest BCUT2D eigenvalue weighted by Crippen LogP contribution is -2.32. The molecule has 14 heavy (non-hydrogen) atoms. The molecule has 0 saturated heterocycles. The molecule has 0 radical (unpaired) electrons. The highest BCUT2D eigenvalue weighted by Crippen LogP contribution is 2.02. The maximum absolute atomic E-state index is 10.8. The number of hydrogen-bond donors (Lipinski definition) is 2. The zero-order valence-corrected chi connectivity index (χ0v) is 7.85. The molecule has 1 aromatic rings. The van der Waals surface area contributed by atoms with Gasteiger partial charge in [0.25, 0.3) is 0 Å². The van der Waals surface area contributed by atoms with Crippen LogP contribution in [0.1, 0.15) is 5.56 Å². The normalized spacial score (nSPS) is 12.1. The van der Waals surface area contributed by atoms with Crippen LogP contribution in [0.4, 0.5) is 0 Å². The first kappa shape index (κ1) is 10.7. The van der Waals surface area contributed by atoms with Crippen molar-refractivity contribution < 1.29 is 9.53 Å². The summed E-state index contributed by atoms with van der Waals surface area (Å²) >= 11 is 0. The zero-order valence-electron chi connectivity index (χ0n) is 7.85. The Bertz CT molecular complexity index is 287. The van der Waals surface area contributed by atoms with Crippen molar-refractivity contribution in [3.05, 3.63) is 35.9 Å². The second-order valence-corrected chi connectivity index (χ2v) is 2.92. The molecule has 1 atom stereocenters. The lowest BCUT2D eigenvalue weighted by atomic mass is 10.1. The summed E-state index contributed by atoms with van der Waals surface area (Å²) in [5.41, 5.74) is 11.7. The Kier molecular flexibility index (Phi) is 4.10. The minimum absolute atomic E-state index is 0.136. The van der Waals surface area contributed by atoms with Gasteiger partial charge < -0.3 is 10.5 Å². The van der Waals surface area contributed by atoms with Gasteiger partial charge in [-0.1, -0.05) is 30.3 Å². The monoisotopic (exact) mass is 194 g/mol. The van der Waals surface area contributed by atoms with Gasteiger partial charge in [0, 0.05) is 6.42 Å². The van der Waals surface area contributed by atoms with Crippen LogP contribution >= 0.6 is 0 Å². The van der Waals surface area contributed by atoms with Gasteiger partial charge in [-0.25, -0.2) is 0 Å². The number of nitrogens with two attached hydrogens (primary N) is 2. The Labute approximate surface area is 82.8 Å². The van der Waals surface area contributed by atoms with Gasteiger partial charge in [-0.05, 0) is 5.56 Å². The molecule has 0 spiro atoms. The fourth-order valence-electron chi connectivity index (χ4n) is 1.11. The van der Waals surface area contributed by atoms with E-state index in [9.17, 15) is 4.79 Å². The molecule has 4 heteroatoms. The summed E-state index contributed by atoms with van der Waals surface area (Å²) in [6.07, 6.45) is -0.111. The Morgan fingerprint density at radius 3 is 2.57 bits per heavy atom. The molecule has 0 aromatic heterocycles. The van der Waals surface area contributed by atoms with E-state index in [1.54, 1.807) is 0 Å². The van der Waals surface area contributed by atoms with E-state index in [1.807, 2.05) is 30.3 Å². The highest BCUT2D eigenvalue weighted by atomic mass is 16.6. The van der Waals surface area contributed by atoms with Crippen molar-refractivity contribution >= 4 is 5.97 Å². The fourth-order valence-corrected chi connectivity index (χ4v) is 1.11. The first-order valence-electron chi connectivity index (χ1n) is 4.41. The maximum Gasteiger partial charge on any atom is 0.321 e. The number of hydrogen-bond acceptors (Lipinski definition) is 4. The number of esters is 1. The van der Waals surface area contributed by atoms with Crippen LogP contribution in [0, 0.1) is 0 Å². The minimum Gasteiger partial charge on any atom is -0.445 e. The molecule has 4 nitrogen and oxygen atoms in total. The SMILES string of the molecule is NCC(=O)O[C@H](N)Cc1ccccc1. The largest absolute Gasteiger partial charge is 0.445 e. The van der Waals surface area contributed by atoms with Gasteiger partial charge in [0.05, 0.1) is 6.54 Å². The van der Waals surface area contributed by atoms with E-state index in [1.165, 1.54) is 0 Å². The van der Waals surface area contributed by atoms with Crippen LogP contribution in [0.3, 0.4) is 0 Å². The number of carbonyl (C=O) groups is 1. The van der Waals surface area contributed by atoms with Gasteiger partial charge in [-0.15, -0.1) is 0 Å².